The molecule has 3 fully saturated rings. The number of ether oxygens (including phenoxy) is 2. The Morgan fingerprint density at radius 2 is 1.71 bits per heavy atom. The van der Waals surface area contributed by atoms with Gasteiger partial charge in [-0.05, 0) is 25.7 Å². The van der Waals surface area contributed by atoms with Crippen LogP contribution in [0.15, 0.2) is 0 Å². The maximum absolute atomic E-state index is 12.0. The molecule has 3 nitrogen and oxygen atoms in total. The molecule has 2 saturated carbocycles. The second kappa shape index (κ2) is 2.80. The first-order valence-electron chi connectivity index (χ1n) is 5.60. The lowest BCUT2D eigenvalue weighted by molar-refractivity contribution is -0.216. The van der Waals surface area contributed by atoms with Crippen molar-refractivity contribution in [3.05, 3.63) is 0 Å². The predicted molar refractivity (Wildman–Crippen MR) is 49.8 cm³/mol. The van der Waals surface area contributed by atoms with Crippen molar-refractivity contribution in [1.29, 1.82) is 0 Å². The van der Waals surface area contributed by atoms with Crippen LogP contribution in [0.2, 0.25) is 0 Å². The Morgan fingerprint density at radius 3 is 2.36 bits per heavy atom. The average molecular weight is 196 g/mol. The van der Waals surface area contributed by atoms with Crippen LogP contribution in [0.4, 0.5) is 0 Å². The van der Waals surface area contributed by atoms with E-state index in [0.29, 0.717) is 19.0 Å². The van der Waals surface area contributed by atoms with Crippen molar-refractivity contribution < 1.29 is 14.3 Å². The van der Waals surface area contributed by atoms with Crippen molar-refractivity contribution in [2.75, 3.05) is 13.2 Å². The molecule has 3 rings (SSSR count). The van der Waals surface area contributed by atoms with Gasteiger partial charge in [-0.1, -0.05) is 0 Å². The summed E-state index contributed by atoms with van der Waals surface area (Å²) in [5.41, 5.74) is -0.260. The molecule has 0 amide bonds. The number of hydrogen-bond donors (Lipinski definition) is 0. The molecule has 2 aliphatic carbocycles. The second-order valence-corrected chi connectivity index (χ2v) is 4.66. The fraction of sp³-hybridized carbons (Fsp3) is 0.909. The number of hydrogen-bond acceptors (Lipinski definition) is 3. The van der Waals surface area contributed by atoms with E-state index in [1.54, 1.807) is 0 Å². The number of fused-ring (bicyclic) bond motifs is 1. The quantitative estimate of drug-likeness (QED) is 0.591. The van der Waals surface area contributed by atoms with Crippen molar-refractivity contribution in [3.8, 4) is 0 Å². The SMILES string of the molecule is O=C1CCC[C@@]12CCCC21OCCO1. The van der Waals surface area contributed by atoms with Gasteiger partial charge in [0.25, 0.3) is 0 Å². The Hall–Kier alpha value is -0.410. The van der Waals surface area contributed by atoms with Gasteiger partial charge >= 0.3 is 0 Å². The summed E-state index contributed by atoms with van der Waals surface area (Å²) in [7, 11) is 0. The van der Waals surface area contributed by atoms with Crippen LogP contribution in [-0.4, -0.2) is 24.8 Å². The maximum Gasteiger partial charge on any atom is 0.180 e. The minimum absolute atomic E-state index is 0.260. The largest absolute Gasteiger partial charge is 0.346 e. The molecule has 1 saturated heterocycles. The van der Waals surface area contributed by atoms with Crippen LogP contribution in [0, 0.1) is 5.41 Å². The summed E-state index contributed by atoms with van der Waals surface area (Å²) < 4.78 is 11.5. The summed E-state index contributed by atoms with van der Waals surface area (Å²) in [6.45, 7) is 1.32. The summed E-state index contributed by atoms with van der Waals surface area (Å²) in [5, 5.41) is 0. The lowest BCUT2D eigenvalue weighted by Crippen LogP contribution is -2.47. The Bertz CT molecular complexity index is 258. The molecule has 14 heavy (non-hydrogen) atoms. The Balaban J connectivity index is 2.00. The monoisotopic (exact) mass is 196 g/mol. The van der Waals surface area contributed by atoms with Gasteiger partial charge in [0.2, 0.25) is 0 Å². The van der Waals surface area contributed by atoms with Crippen LogP contribution in [0.25, 0.3) is 0 Å². The molecule has 1 aliphatic heterocycles. The molecular formula is C11H16O3. The van der Waals surface area contributed by atoms with Crippen LogP contribution in [0.3, 0.4) is 0 Å². The molecule has 0 unspecified atom stereocenters. The van der Waals surface area contributed by atoms with E-state index in [4.69, 9.17) is 9.47 Å². The van der Waals surface area contributed by atoms with Gasteiger partial charge in [-0.2, -0.15) is 0 Å². The summed E-state index contributed by atoms with van der Waals surface area (Å²) in [6.07, 6.45) is 5.70. The second-order valence-electron chi connectivity index (χ2n) is 4.66. The number of ketones is 1. The molecule has 3 heteroatoms. The van der Waals surface area contributed by atoms with Gasteiger partial charge in [0.15, 0.2) is 5.79 Å². The molecule has 2 spiro atoms. The van der Waals surface area contributed by atoms with E-state index in [1.807, 2.05) is 0 Å². The van der Waals surface area contributed by atoms with Crippen LogP contribution >= 0.6 is 0 Å². The Kier molecular flexibility index (Phi) is 1.77. The molecule has 0 aromatic rings. The molecule has 1 heterocycles. The number of rotatable bonds is 0. The van der Waals surface area contributed by atoms with Crippen molar-refractivity contribution in [2.45, 2.75) is 44.3 Å². The average Bonchev–Trinajstić information content (AvgIpc) is 2.84. The zero-order valence-electron chi connectivity index (χ0n) is 8.38. The van der Waals surface area contributed by atoms with Gasteiger partial charge in [-0.15, -0.1) is 0 Å². The summed E-state index contributed by atoms with van der Waals surface area (Å²) in [5.74, 6) is -0.127. The summed E-state index contributed by atoms with van der Waals surface area (Å²) in [4.78, 5) is 12.0. The highest BCUT2D eigenvalue weighted by Crippen LogP contribution is 2.57. The van der Waals surface area contributed by atoms with Crippen LogP contribution < -0.4 is 0 Å². The van der Waals surface area contributed by atoms with Crippen LogP contribution in [0.1, 0.15) is 38.5 Å². The molecule has 78 valence electrons. The first kappa shape index (κ1) is 8.86. The highest BCUT2D eigenvalue weighted by Gasteiger charge is 2.63. The van der Waals surface area contributed by atoms with Crippen molar-refractivity contribution >= 4 is 5.78 Å². The van der Waals surface area contributed by atoms with E-state index in [-0.39, 0.29) is 5.41 Å². The predicted octanol–water partition coefficient (Wildman–Crippen LogP) is 1.65. The first-order valence-corrected chi connectivity index (χ1v) is 5.60. The Labute approximate surface area is 83.8 Å². The van der Waals surface area contributed by atoms with Crippen molar-refractivity contribution in [1.82, 2.24) is 0 Å². The van der Waals surface area contributed by atoms with E-state index in [2.05, 4.69) is 0 Å². The molecule has 3 aliphatic rings. The lowest BCUT2D eigenvalue weighted by atomic mass is 9.79. The zero-order chi connectivity index (χ0) is 9.65. The third-order valence-corrected chi connectivity index (χ3v) is 4.13. The van der Waals surface area contributed by atoms with Gasteiger partial charge < -0.3 is 9.47 Å². The standard InChI is InChI=1S/C11H16O3/c12-9-3-1-4-10(9)5-2-6-11(10)13-7-8-14-11/h1-8H2/t10-/m1/s1. The number of carbonyl (C=O) groups is 1. The minimum Gasteiger partial charge on any atom is -0.346 e. The zero-order valence-corrected chi connectivity index (χ0v) is 8.38. The molecule has 0 radical (unpaired) electrons. The topological polar surface area (TPSA) is 35.5 Å². The van der Waals surface area contributed by atoms with Gasteiger partial charge in [-0.3, -0.25) is 4.79 Å². The fourth-order valence-electron chi connectivity index (χ4n) is 3.52. The first-order chi connectivity index (χ1) is 6.79. The van der Waals surface area contributed by atoms with Crippen molar-refractivity contribution in [2.24, 2.45) is 5.41 Å². The molecule has 0 bridgehead atoms. The van der Waals surface area contributed by atoms with Gasteiger partial charge in [0.1, 0.15) is 5.78 Å². The molecule has 0 aromatic carbocycles. The molecule has 0 N–H and O–H groups in total. The third kappa shape index (κ3) is 0.873. The number of Topliss-reactive ketones (excluding diaryl/α,β-unsaturated/α-hetero) is 1. The lowest BCUT2D eigenvalue weighted by Gasteiger charge is -2.37. The van der Waals surface area contributed by atoms with Crippen LogP contribution in [0.5, 0.6) is 0 Å². The van der Waals surface area contributed by atoms with Gasteiger partial charge in [0.05, 0.1) is 18.6 Å². The van der Waals surface area contributed by atoms with E-state index in [1.165, 1.54) is 0 Å². The Morgan fingerprint density at radius 1 is 1.00 bits per heavy atom. The van der Waals surface area contributed by atoms with Gasteiger partial charge in [0, 0.05) is 12.8 Å². The van der Waals surface area contributed by atoms with E-state index in [0.717, 1.165) is 38.5 Å². The number of carbonyl (C=O) groups excluding carboxylic acids is 1. The smallest absolute Gasteiger partial charge is 0.180 e. The normalized spacial score (nSPS) is 40.4. The highest BCUT2D eigenvalue weighted by molar-refractivity contribution is 5.88. The summed E-state index contributed by atoms with van der Waals surface area (Å²) in [6, 6.07) is 0. The molecular weight excluding hydrogens is 180 g/mol. The van der Waals surface area contributed by atoms with E-state index >= 15 is 0 Å². The fourth-order valence-corrected chi connectivity index (χ4v) is 3.52. The summed E-state index contributed by atoms with van der Waals surface area (Å²) >= 11 is 0. The van der Waals surface area contributed by atoms with Crippen LogP contribution in [-0.2, 0) is 14.3 Å². The van der Waals surface area contributed by atoms with E-state index in [9.17, 15) is 4.79 Å². The van der Waals surface area contributed by atoms with Gasteiger partial charge in [-0.25, -0.2) is 0 Å². The molecule has 0 aromatic heterocycles. The van der Waals surface area contributed by atoms with Crippen molar-refractivity contribution in [3.63, 3.8) is 0 Å². The highest BCUT2D eigenvalue weighted by atomic mass is 16.7. The van der Waals surface area contributed by atoms with E-state index < -0.39 is 5.79 Å². The third-order valence-electron chi connectivity index (χ3n) is 4.13. The minimum atomic E-state index is -0.513. The molecule has 1 atom stereocenters. The maximum atomic E-state index is 12.0.